The van der Waals surface area contributed by atoms with E-state index >= 15 is 0 Å². The summed E-state index contributed by atoms with van der Waals surface area (Å²) in [5, 5.41) is 9.82. The lowest BCUT2D eigenvalue weighted by Crippen LogP contribution is -2.30. The number of aliphatic hydroxyl groups excluding tert-OH is 1. The zero-order valence-corrected chi connectivity index (χ0v) is 48.0. The fourth-order valence-electron chi connectivity index (χ4n) is 6.98. The van der Waals surface area contributed by atoms with Crippen LogP contribution in [0.2, 0.25) is 0 Å². The van der Waals surface area contributed by atoms with Gasteiger partial charge in [0.05, 0.1) is 19.8 Å². The number of rotatable bonds is 51. The third-order valence-corrected chi connectivity index (χ3v) is 12.2. The van der Waals surface area contributed by atoms with Crippen molar-refractivity contribution in [1.82, 2.24) is 0 Å². The minimum Gasteiger partial charge on any atom is -0.462 e. The number of hydrogen-bond acceptors (Lipinski definition) is 10. The molecule has 0 aromatic heterocycles. The van der Waals surface area contributed by atoms with Crippen LogP contribution in [0.5, 0.6) is 0 Å². The van der Waals surface area contributed by atoms with E-state index in [0.29, 0.717) is 25.7 Å². The predicted molar refractivity (Wildman–Crippen MR) is 316 cm³/mol. The molecule has 76 heavy (non-hydrogen) atoms. The molecule has 0 heterocycles. The molecule has 0 amide bonds. The van der Waals surface area contributed by atoms with Crippen LogP contribution in [0.4, 0.5) is 0 Å². The maximum absolute atomic E-state index is 12.9. The zero-order valence-electron chi connectivity index (χ0n) is 47.2. The maximum Gasteiger partial charge on any atom is 0.472 e. The van der Waals surface area contributed by atoms with Crippen molar-refractivity contribution < 1.29 is 52.2 Å². The molecule has 0 aromatic rings. The first-order valence-electron chi connectivity index (χ1n) is 28.7. The second kappa shape index (κ2) is 56.6. The molecule has 0 bridgehead atoms. The summed E-state index contributed by atoms with van der Waals surface area (Å²) >= 11 is 0. The van der Waals surface area contributed by atoms with Gasteiger partial charge in [0.25, 0.3) is 0 Å². The molecule has 0 saturated heterocycles. The fourth-order valence-corrected chi connectivity index (χ4v) is 7.77. The number of allylic oxidation sites excluding steroid dienone is 24. The molecule has 2 N–H and O–H groups in total. The van der Waals surface area contributed by atoms with Crippen LogP contribution >= 0.6 is 7.82 Å². The summed E-state index contributed by atoms with van der Waals surface area (Å²) in [6, 6.07) is 0. The van der Waals surface area contributed by atoms with Crippen LogP contribution in [0, 0.1) is 0 Å². The number of phosphoric ester groups is 1. The average Bonchev–Trinajstić information content (AvgIpc) is 3.41. The number of phosphoric acid groups is 1. The van der Waals surface area contributed by atoms with Crippen molar-refractivity contribution in [2.45, 2.75) is 213 Å². The van der Waals surface area contributed by atoms with Crippen molar-refractivity contribution in [3.05, 3.63) is 146 Å². The van der Waals surface area contributed by atoms with E-state index in [-0.39, 0.29) is 25.9 Å². The molecule has 0 aliphatic carbocycles. The first-order valence-corrected chi connectivity index (χ1v) is 30.2. The van der Waals surface area contributed by atoms with E-state index in [2.05, 4.69) is 154 Å². The van der Waals surface area contributed by atoms with Gasteiger partial charge in [-0.1, -0.05) is 199 Å². The molecule has 0 saturated carbocycles. The summed E-state index contributed by atoms with van der Waals surface area (Å²) in [5.41, 5.74) is 0. The highest BCUT2D eigenvalue weighted by molar-refractivity contribution is 7.47. The van der Waals surface area contributed by atoms with Crippen LogP contribution in [0.25, 0.3) is 0 Å². The largest absolute Gasteiger partial charge is 0.472 e. The van der Waals surface area contributed by atoms with Crippen molar-refractivity contribution in [3.63, 3.8) is 0 Å². The molecule has 3 unspecified atom stereocenters. The number of unbranched alkanes of at least 4 members (excludes halogenated alkanes) is 10. The van der Waals surface area contributed by atoms with Crippen molar-refractivity contribution in [2.75, 3.05) is 26.4 Å². The van der Waals surface area contributed by atoms with Crippen LogP contribution in [-0.4, -0.2) is 66.5 Å². The molecule has 0 aliphatic rings. The van der Waals surface area contributed by atoms with E-state index in [1.54, 1.807) is 0 Å². The number of carbonyl (C=O) groups excluding carboxylic acids is 3. The summed E-state index contributed by atoms with van der Waals surface area (Å²) in [4.78, 5) is 48.5. The molecule has 11 nitrogen and oxygen atoms in total. The smallest absolute Gasteiger partial charge is 0.462 e. The Morgan fingerprint density at radius 2 is 0.658 bits per heavy atom. The van der Waals surface area contributed by atoms with E-state index < -0.39 is 57.8 Å². The van der Waals surface area contributed by atoms with Crippen molar-refractivity contribution >= 4 is 25.7 Å². The van der Waals surface area contributed by atoms with Gasteiger partial charge in [-0.2, -0.15) is 0 Å². The lowest BCUT2D eigenvalue weighted by molar-refractivity contribution is -0.161. The van der Waals surface area contributed by atoms with E-state index in [4.69, 9.17) is 23.3 Å². The van der Waals surface area contributed by atoms with Crippen LogP contribution in [-0.2, 0) is 42.2 Å². The summed E-state index contributed by atoms with van der Waals surface area (Å²) in [5.74, 6) is -1.60. The van der Waals surface area contributed by atoms with Gasteiger partial charge < -0.3 is 24.2 Å². The van der Waals surface area contributed by atoms with E-state index in [0.717, 1.165) is 135 Å². The van der Waals surface area contributed by atoms with Gasteiger partial charge in [0, 0.05) is 19.3 Å². The van der Waals surface area contributed by atoms with Gasteiger partial charge in [0.15, 0.2) is 6.10 Å². The molecular weight excluding hydrogens is 976 g/mol. The standard InChI is InChI=1S/C64H101O11P/c1-4-7-10-13-16-19-22-25-28-30-33-36-39-42-45-48-51-54-63(67)74-60(56-65)58-72-76(69,70)73-59-61(57-71-62(66)53-50-47-44-41-38-35-32-27-24-21-18-15-12-9-6-3)75-64(68)55-52-49-46-43-40-37-34-31-29-26-23-20-17-14-11-8-5-2/h7-12,16-21,25-29,32-34,36-37,43,46,60-61,65H,4-6,13-15,22-24,30-31,35,38-42,44-45,47-59H2,1-3H3,(H,69,70)/b10-7-,11-8-,12-9-,19-16-,20-17-,21-18-,28-25-,29-26-,32-27-,36-33-,37-34-,46-43-. The normalized spacial score (nSPS) is 14.4. The Labute approximate surface area is 461 Å². The van der Waals surface area contributed by atoms with Crippen LogP contribution in [0.3, 0.4) is 0 Å². The first kappa shape index (κ1) is 71.4. The minimum atomic E-state index is -4.79. The Hall–Kier alpha value is -4.64. The van der Waals surface area contributed by atoms with Crippen LogP contribution < -0.4 is 0 Å². The molecular formula is C64H101O11P. The highest BCUT2D eigenvalue weighted by Crippen LogP contribution is 2.43. The van der Waals surface area contributed by atoms with Crippen molar-refractivity contribution in [1.29, 1.82) is 0 Å². The quantitative estimate of drug-likeness (QED) is 0.0197. The second-order valence-electron chi connectivity index (χ2n) is 18.3. The van der Waals surface area contributed by atoms with Gasteiger partial charge in [-0.15, -0.1) is 0 Å². The van der Waals surface area contributed by atoms with Gasteiger partial charge in [-0.05, 0) is 128 Å². The molecule has 0 aliphatic heterocycles. The zero-order chi connectivity index (χ0) is 55.5. The summed E-state index contributed by atoms with van der Waals surface area (Å²) in [6.45, 7) is 4.17. The molecule has 0 rings (SSSR count). The SMILES string of the molecule is CC/C=C\C/C=C\C/C=C\C/C=C\C/C=C\CCCC(=O)OC(COC(=O)CCCCCCC/C=C\C/C=C\C/C=C\CC)COP(=O)(O)OCC(CO)OC(=O)CCCCCC/C=C\C/C=C\C/C=C\C/C=C\CC. The second-order valence-corrected chi connectivity index (χ2v) is 19.8. The molecule has 428 valence electrons. The number of esters is 3. The summed E-state index contributed by atoms with van der Waals surface area (Å²) < 4.78 is 39.4. The third-order valence-electron chi connectivity index (χ3n) is 11.2. The molecule has 0 spiro atoms. The number of aliphatic hydroxyl groups is 1. The number of ether oxygens (including phenoxy) is 3. The van der Waals surface area contributed by atoms with Gasteiger partial charge in [-0.3, -0.25) is 23.4 Å². The number of carbonyl (C=O) groups is 3. The van der Waals surface area contributed by atoms with E-state index in [1.807, 2.05) is 12.2 Å². The fraction of sp³-hybridized carbons (Fsp3) is 0.578. The summed E-state index contributed by atoms with van der Waals surface area (Å²) in [7, 11) is -4.79. The topological polar surface area (TPSA) is 155 Å². The number of hydrogen-bond donors (Lipinski definition) is 2. The van der Waals surface area contributed by atoms with Crippen molar-refractivity contribution in [2.24, 2.45) is 0 Å². The summed E-state index contributed by atoms with van der Waals surface area (Å²) in [6.07, 6.45) is 72.4. The van der Waals surface area contributed by atoms with Crippen LogP contribution in [0.1, 0.15) is 201 Å². The van der Waals surface area contributed by atoms with Gasteiger partial charge >= 0.3 is 25.7 Å². The Morgan fingerprint density at radius 3 is 1.04 bits per heavy atom. The Morgan fingerprint density at radius 1 is 0.368 bits per heavy atom. The molecule has 3 atom stereocenters. The average molecular weight is 1080 g/mol. The third kappa shape index (κ3) is 54.2. The van der Waals surface area contributed by atoms with Gasteiger partial charge in [-0.25, -0.2) is 4.57 Å². The maximum atomic E-state index is 12.9. The Balaban J connectivity index is 4.87. The van der Waals surface area contributed by atoms with Crippen molar-refractivity contribution in [3.8, 4) is 0 Å². The highest BCUT2D eigenvalue weighted by Gasteiger charge is 2.28. The lowest BCUT2D eigenvalue weighted by Gasteiger charge is -2.21. The molecule has 12 heteroatoms. The Kier molecular flexibility index (Phi) is 53.1. The molecule has 0 radical (unpaired) electrons. The first-order chi connectivity index (χ1) is 37.2. The van der Waals surface area contributed by atoms with Crippen LogP contribution in [0.15, 0.2) is 146 Å². The Bertz CT molecular complexity index is 1830. The predicted octanol–water partition coefficient (Wildman–Crippen LogP) is 17.1. The van der Waals surface area contributed by atoms with E-state index in [9.17, 15) is 28.9 Å². The highest BCUT2D eigenvalue weighted by atomic mass is 31.2. The molecule has 0 fully saturated rings. The van der Waals surface area contributed by atoms with Gasteiger partial charge in [0.2, 0.25) is 0 Å². The molecule has 0 aromatic carbocycles. The lowest BCUT2D eigenvalue weighted by atomic mass is 10.1. The monoisotopic (exact) mass is 1080 g/mol. The van der Waals surface area contributed by atoms with Gasteiger partial charge in [0.1, 0.15) is 12.7 Å². The minimum absolute atomic E-state index is 0.0748. The van der Waals surface area contributed by atoms with E-state index in [1.165, 1.54) is 0 Å².